The van der Waals surface area contributed by atoms with Gasteiger partial charge in [0.1, 0.15) is 5.82 Å². The largest absolute Gasteiger partial charge is 0.383 e. The van der Waals surface area contributed by atoms with E-state index in [1.54, 1.807) is 6.20 Å². The Kier molecular flexibility index (Phi) is 3.87. The molecule has 0 aliphatic heterocycles. The normalized spacial score (nSPS) is 18.0. The zero-order chi connectivity index (χ0) is 14.9. The van der Waals surface area contributed by atoms with Crippen molar-refractivity contribution in [2.75, 3.05) is 12.8 Å². The van der Waals surface area contributed by atoms with E-state index < -0.39 is 0 Å². The van der Waals surface area contributed by atoms with Crippen molar-refractivity contribution in [3.8, 4) is 0 Å². The minimum Gasteiger partial charge on any atom is -0.383 e. The van der Waals surface area contributed by atoms with E-state index in [0.717, 1.165) is 18.4 Å². The SMILES string of the molecule is CNC(c1cc(Cl)cnc1N)C1(c2ccccc2)CCC1. The number of rotatable bonds is 4. The average Bonchev–Trinajstić information content (AvgIpc) is 2.46. The number of nitrogen functional groups attached to an aromatic ring is 1. The van der Waals surface area contributed by atoms with Crippen LogP contribution in [-0.4, -0.2) is 12.0 Å². The highest BCUT2D eigenvalue weighted by atomic mass is 35.5. The number of aromatic nitrogens is 1. The van der Waals surface area contributed by atoms with Gasteiger partial charge >= 0.3 is 0 Å². The molecule has 1 unspecified atom stereocenters. The summed E-state index contributed by atoms with van der Waals surface area (Å²) in [4.78, 5) is 4.22. The molecule has 110 valence electrons. The lowest BCUT2D eigenvalue weighted by Gasteiger charge is -2.48. The van der Waals surface area contributed by atoms with Crippen molar-refractivity contribution < 1.29 is 0 Å². The molecule has 1 aliphatic carbocycles. The van der Waals surface area contributed by atoms with Gasteiger partial charge in [-0.3, -0.25) is 0 Å². The first-order valence-electron chi connectivity index (χ1n) is 7.31. The van der Waals surface area contributed by atoms with E-state index in [1.807, 2.05) is 13.1 Å². The van der Waals surface area contributed by atoms with Crippen molar-refractivity contribution in [2.45, 2.75) is 30.7 Å². The predicted octanol–water partition coefficient (Wildman–Crippen LogP) is 3.70. The van der Waals surface area contributed by atoms with Crippen LogP contribution in [0.3, 0.4) is 0 Å². The zero-order valence-electron chi connectivity index (χ0n) is 12.1. The highest BCUT2D eigenvalue weighted by Gasteiger charge is 2.46. The van der Waals surface area contributed by atoms with E-state index in [2.05, 4.69) is 40.6 Å². The van der Waals surface area contributed by atoms with E-state index in [4.69, 9.17) is 17.3 Å². The van der Waals surface area contributed by atoms with Crippen LogP contribution in [0.1, 0.15) is 36.4 Å². The maximum Gasteiger partial charge on any atom is 0.128 e. The molecule has 1 aliphatic rings. The second kappa shape index (κ2) is 5.66. The molecule has 1 fully saturated rings. The lowest BCUT2D eigenvalue weighted by molar-refractivity contribution is 0.176. The Morgan fingerprint density at radius 3 is 2.57 bits per heavy atom. The van der Waals surface area contributed by atoms with Gasteiger partial charge in [-0.1, -0.05) is 48.4 Å². The molecule has 2 aromatic rings. The summed E-state index contributed by atoms with van der Waals surface area (Å²) in [5.74, 6) is 0.556. The van der Waals surface area contributed by atoms with E-state index in [0.29, 0.717) is 10.8 Å². The van der Waals surface area contributed by atoms with Crippen LogP contribution in [-0.2, 0) is 5.41 Å². The number of benzene rings is 1. The lowest BCUT2D eigenvalue weighted by atomic mass is 9.59. The molecule has 0 bridgehead atoms. The molecule has 1 aromatic carbocycles. The topological polar surface area (TPSA) is 50.9 Å². The van der Waals surface area contributed by atoms with Gasteiger partial charge in [-0.25, -0.2) is 4.98 Å². The van der Waals surface area contributed by atoms with Crippen molar-refractivity contribution in [3.05, 3.63) is 58.7 Å². The van der Waals surface area contributed by atoms with Crippen LogP contribution >= 0.6 is 11.6 Å². The molecule has 0 saturated heterocycles. The van der Waals surface area contributed by atoms with E-state index >= 15 is 0 Å². The fourth-order valence-electron chi connectivity index (χ4n) is 3.50. The van der Waals surface area contributed by atoms with Crippen LogP contribution in [0.5, 0.6) is 0 Å². The summed E-state index contributed by atoms with van der Waals surface area (Å²) in [5, 5.41) is 4.08. The number of likely N-dealkylation sites (N-methyl/N-ethyl adjacent to an activating group) is 1. The third kappa shape index (κ3) is 2.41. The summed E-state index contributed by atoms with van der Waals surface area (Å²) in [6.07, 6.45) is 5.13. The maximum atomic E-state index is 6.13. The van der Waals surface area contributed by atoms with Gasteiger partial charge in [0.2, 0.25) is 0 Å². The molecular weight excluding hydrogens is 282 g/mol. The monoisotopic (exact) mass is 301 g/mol. The third-order valence-corrected chi connectivity index (χ3v) is 4.87. The van der Waals surface area contributed by atoms with Gasteiger partial charge in [0, 0.05) is 23.2 Å². The van der Waals surface area contributed by atoms with Gasteiger partial charge in [0.15, 0.2) is 0 Å². The quantitative estimate of drug-likeness (QED) is 0.905. The molecule has 0 amide bonds. The second-order valence-electron chi connectivity index (χ2n) is 5.73. The molecule has 1 aromatic heterocycles. The van der Waals surface area contributed by atoms with Crippen LogP contribution in [0.2, 0.25) is 5.02 Å². The van der Waals surface area contributed by atoms with Crippen molar-refractivity contribution >= 4 is 17.4 Å². The molecule has 3 nitrogen and oxygen atoms in total. The molecular formula is C17H20ClN3. The number of hydrogen-bond donors (Lipinski definition) is 2. The van der Waals surface area contributed by atoms with Crippen molar-refractivity contribution in [1.82, 2.24) is 10.3 Å². The van der Waals surface area contributed by atoms with Crippen LogP contribution in [0.15, 0.2) is 42.6 Å². The fourth-order valence-corrected chi connectivity index (χ4v) is 3.66. The Labute approximate surface area is 130 Å². The molecule has 1 saturated carbocycles. The number of nitrogens with one attached hydrogen (secondary N) is 1. The highest BCUT2D eigenvalue weighted by molar-refractivity contribution is 6.30. The summed E-state index contributed by atoms with van der Waals surface area (Å²) in [6, 6.07) is 12.7. The third-order valence-electron chi connectivity index (χ3n) is 4.66. The number of halogens is 1. The van der Waals surface area contributed by atoms with E-state index in [-0.39, 0.29) is 11.5 Å². The number of hydrogen-bond acceptors (Lipinski definition) is 3. The van der Waals surface area contributed by atoms with Crippen molar-refractivity contribution in [2.24, 2.45) is 0 Å². The molecule has 21 heavy (non-hydrogen) atoms. The Bertz CT molecular complexity index is 623. The first kappa shape index (κ1) is 14.4. The number of pyridine rings is 1. The van der Waals surface area contributed by atoms with Crippen LogP contribution in [0.4, 0.5) is 5.82 Å². The summed E-state index contributed by atoms with van der Waals surface area (Å²) < 4.78 is 0. The molecule has 3 rings (SSSR count). The second-order valence-corrected chi connectivity index (χ2v) is 6.16. The first-order valence-corrected chi connectivity index (χ1v) is 7.69. The Balaban J connectivity index is 2.08. The molecule has 4 heteroatoms. The van der Waals surface area contributed by atoms with Crippen molar-refractivity contribution in [3.63, 3.8) is 0 Å². The average molecular weight is 302 g/mol. The van der Waals surface area contributed by atoms with Gasteiger partial charge in [-0.15, -0.1) is 0 Å². The van der Waals surface area contributed by atoms with Gasteiger partial charge in [-0.2, -0.15) is 0 Å². The Hall–Kier alpha value is -1.58. The molecule has 0 radical (unpaired) electrons. The van der Waals surface area contributed by atoms with Crippen LogP contribution in [0, 0.1) is 0 Å². The smallest absolute Gasteiger partial charge is 0.128 e. The number of nitrogens with two attached hydrogens (primary N) is 1. The number of anilines is 1. The lowest BCUT2D eigenvalue weighted by Crippen LogP contribution is -2.46. The summed E-state index contributed by atoms with van der Waals surface area (Å²) in [7, 11) is 1.98. The van der Waals surface area contributed by atoms with Gasteiger partial charge in [0.25, 0.3) is 0 Å². The molecule has 3 N–H and O–H groups in total. The van der Waals surface area contributed by atoms with Crippen LogP contribution < -0.4 is 11.1 Å². The van der Waals surface area contributed by atoms with E-state index in [9.17, 15) is 0 Å². The molecule has 1 heterocycles. The minimum atomic E-state index is 0.0799. The summed E-state index contributed by atoms with van der Waals surface area (Å²) in [5.41, 5.74) is 8.54. The Morgan fingerprint density at radius 1 is 1.29 bits per heavy atom. The minimum absolute atomic E-state index is 0.0799. The standard InChI is InChI=1S/C17H20ClN3/c1-20-15(14-10-13(18)11-21-16(14)19)17(8-5-9-17)12-6-3-2-4-7-12/h2-4,6-7,10-11,15,20H,5,8-9H2,1H3,(H2,19,21). The van der Waals surface area contributed by atoms with Gasteiger partial charge in [-0.05, 0) is 31.5 Å². The maximum absolute atomic E-state index is 6.13. The fraction of sp³-hybridized carbons (Fsp3) is 0.353. The number of nitrogens with zero attached hydrogens (tertiary/aromatic N) is 1. The van der Waals surface area contributed by atoms with E-state index in [1.165, 1.54) is 12.0 Å². The summed E-state index contributed by atoms with van der Waals surface area (Å²) in [6.45, 7) is 0. The molecule has 1 atom stereocenters. The first-order chi connectivity index (χ1) is 10.2. The Morgan fingerprint density at radius 2 is 2.00 bits per heavy atom. The highest BCUT2D eigenvalue weighted by Crippen LogP contribution is 2.52. The summed E-state index contributed by atoms with van der Waals surface area (Å²) >= 11 is 6.13. The van der Waals surface area contributed by atoms with Crippen LogP contribution in [0.25, 0.3) is 0 Å². The van der Waals surface area contributed by atoms with Gasteiger partial charge in [0.05, 0.1) is 5.02 Å². The zero-order valence-corrected chi connectivity index (χ0v) is 12.9. The molecule has 0 spiro atoms. The van der Waals surface area contributed by atoms with Gasteiger partial charge < -0.3 is 11.1 Å². The van der Waals surface area contributed by atoms with Crippen molar-refractivity contribution in [1.29, 1.82) is 0 Å². The predicted molar refractivity (Wildman–Crippen MR) is 87.4 cm³/mol.